The Bertz CT molecular complexity index is 3220. The van der Waals surface area contributed by atoms with Gasteiger partial charge in [0.1, 0.15) is 41.2 Å². The van der Waals surface area contributed by atoms with E-state index in [2.05, 4.69) is 36.2 Å². The molecule has 3 aromatic carbocycles. The number of fused-ring (bicyclic) bond motifs is 1. The number of nitriles is 1. The topological polar surface area (TPSA) is 258 Å². The van der Waals surface area contributed by atoms with Gasteiger partial charge in [0.2, 0.25) is 10.0 Å². The summed E-state index contributed by atoms with van der Waals surface area (Å²) in [5.41, 5.74) is 2.57. The summed E-state index contributed by atoms with van der Waals surface area (Å²) in [6, 6.07) is 24.7. The first-order valence-electron chi connectivity index (χ1n) is 28.0. The average Bonchev–Trinajstić information content (AvgIpc) is 4.23. The molecule has 83 heavy (non-hydrogen) atoms. The van der Waals surface area contributed by atoms with Crippen LogP contribution in [-0.2, 0) is 50.2 Å². The molecular weight excluding hydrogens is 1110 g/mol. The van der Waals surface area contributed by atoms with E-state index in [1.165, 1.54) is 4.57 Å². The maximum atomic E-state index is 13.0. The molecule has 4 heterocycles. The maximum absolute atomic E-state index is 13.0. The van der Waals surface area contributed by atoms with E-state index in [-0.39, 0.29) is 41.2 Å². The molecule has 3 aromatic heterocycles. The monoisotopic (exact) mass is 1180 g/mol. The van der Waals surface area contributed by atoms with Gasteiger partial charge >= 0.3 is 0 Å². The number of H-pyrrole nitrogens is 1. The van der Waals surface area contributed by atoms with Gasteiger partial charge in [-0.25, -0.2) is 8.42 Å². The van der Waals surface area contributed by atoms with E-state index in [0.29, 0.717) is 154 Å². The summed E-state index contributed by atoms with van der Waals surface area (Å²) < 4.78 is 87.1. The number of ether oxygens (including phenoxy) is 10. The predicted molar refractivity (Wildman–Crippen MR) is 313 cm³/mol. The first-order valence-corrected chi connectivity index (χ1v) is 30.0. The van der Waals surface area contributed by atoms with E-state index >= 15 is 0 Å². The number of hydrogen-bond donors (Lipinski definition) is 3. The standard InChI is InChI=1S/C59H73ClN8O14S/c1-3-83(71,72)66-44-10-15-55(51(37-44)52-41-67(2)59(70)57-50(52)17-20-62-57)82-48-6-4-5-47(38-48)80-36-34-78-32-30-76-28-26-74-24-23-73-25-27-75-29-31-77-33-35-79-45-18-21-68(22-19-45)56-16-14-54(64-65-56)58(69)63-43-8-12-46(13-9-43)81-49-11-7-42(40-61)53(60)39-49/h4-7,10-11,14-17,20,37-39,41,43,45-46,62,66H,3,8-9,12-13,18-19,21-36H2,1-2H3,(H,63,69). The molecule has 22 nitrogen and oxygen atoms in total. The van der Waals surface area contributed by atoms with Crippen molar-refractivity contribution >= 4 is 49.9 Å². The van der Waals surface area contributed by atoms with Gasteiger partial charge in [0.25, 0.3) is 11.5 Å². The number of benzene rings is 3. The van der Waals surface area contributed by atoms with Crippen LogP contribution in [0, 0.1) is 11.3 Å². The van der Waals surface area contributed by atoms with Crippen molar-refractivity contribution in [2.75, 3.05) is 121 Å². The number of aromatic amines is 1. The Balaban J connectivity index is 0.581. The van der Waals surface area contributed by atoms with Crippen molar-refractivity contribution in [2.24, 2.45) is 7.05 Å². The molecule has 1 aliphatic heterocycles. The molecule has 3 N–H and O–H groups in total. The summed E-state index contributed by atoms with van der Waals surface area (Å²) in [6.45, 7) is 9.12. The van der Waals surface area contributed by atoms with Crippen LogP contribution < -0.4 is 34.7 Å². The lowest BCUT2D eigenvalue weighted by atomic mass is 9.93. The summed E-state index contributed by atoms with van der Waals surface area (Å²) in [7, 11) is -1.89. The number of nitrogens with zero attached hydrogens (tertiary/aromatic N) is 5. The third-order valence-electron chi connectivity index (χ3n) is 13.8. The van der Waals surface area contributed by atoms with Crippen LogP contribution in [0.3, 0.4) is 0 Å². The quantitative estimate of drug-likeness (QED) is 0.0327. The Morgan fingerprint density at radius 3 is 2.00 bits per heavy atom. The van der Waals surface area contributed by atoms with Gasteiger partial charge in [-0.05, 0) is 106 Å². The molecule has 0 radical (unpaired) electrons. The second-order valence-electron chi connectivity index (χ2n) is 19.7. The Kier molecular flexibility index (Phi) is 24.2. The number of hydrogen-bond acceptors (Lipinski definition) is 18. The molecule has 2 aliphatic rings. The normalized spacial score (nSPS) is 15.7. The zero-order valence-electron chi connectivity index (χ0n) is 46.9. The number of sulfonamides is 1. The van der Waals surface area contributed by atoms with Crippen molar-refractivity contribution in [3.05, 3.63) is 118 Å². The minimum Gasteiger partial charge on any atom is -0.491 e. The van der Waals surface area contributed by atoms with Crippen LogP contribution in [-0.4, -0.2) is 164 Å². The molecule has 0 atom stereocenters. The first-order chi connectivity index (χ1) is 40.4. The Labute approximate surface area is 488 Å². The number of aryl methyl sites for hydroxylation is 1. The van der Waals surface area contributed by atoms with Gasteiger partial charge in [-0.1, -0.05) is 17.7 Å². The minimum atomic E-state index is -3.55. The molecule has 8 rings (SSSR count). The highest BCUT2D eigenvalue weighted by molar-refractivity contribution is 7.92. The molecular formula is C59H73ClN8O14S. The van der Waals surface area contributed by atoms with E-state index < -0.39 is 10.0 Å². The number of nitrogens with one attached hydrogen (secondary N) is 3. The van der Waals surface area contributed by atoms with Crippen LogP contribution in [0.5, 0.6) is 23.0 Å². The summed E-state index contributed by atoms with van der Waals surface area (Å²) >= 11 is 6.15. The number of piperidine rings is 1. The number of carbonyl (C=O) groups is 1. The summed E-state index contributed by atoms with van der Waals surface area (Å²) in [6.07, 6.45) is 8.38. The van der Waals surface area contributed by atoms with E-state index in [1.807, 2.05) is 18.2 Å². The number of anilines is 2. The number of carbonyl (C=O) groups excluding carboxylic acids is 1. The molecule has 1 saturated carbocycles. The number of aromatic nitrogens is 4. The van der Waals surface area contributed by atoms with E-state index in [0.717, 1.165) is 57.4 Å². The van der Waals surface area contributed by atoms with E-state index in [9.17, 15) is 18.0 Å². The highest BCUT2D eigenvalue weighted by Gasteiger charge is 2.26. The van der Waals surface area contributed by atoms with Gasteiger partial charge in [-0.3, -0.25) is 14.3 Å². The molecule has 446 valence electrons. The number of halogens is 1. The second kappa shape index (κ2) is 32.3. The van der Waals surface area contributed by atoms with Crippen molar-refractivity contribution < 1.29 is 60.6 Å². The predicted octanol–water partition coefficient (Wildman–Crippen LogP) is 7.69. The Morgan fingerprint density at radius 2 is 1.37 bits per heavy atom. The minimum absolute atomic E-state index is 0.0161. The zero-order valence-corrected chi connectivity index (χ0v) is 48.5. The van der Waals surface area contributed by atoms with Gasteiger partial charge in [-0.2, -0.15) is 5.26 Å². The summed E-state index contributed by atoms with van der Waals surface area (Å²) in [5, 5.41) is 21.8. The van der Waals surface area contributed by atoms with Gasteiger partial charge in [0.15, 0.2) is 11.5 Å². The maximum Gasteiger partial charge on any atom is 0.274 e. The second-order valence-corrected chi connectivity index (χ2v) is 22.1. The number of amides is 1. The summed E-state index contributed by atoms with van der Waals surface area (Å²) in [4.78, 5) is 30.9. The highest BCUT2D eigenvalue weighted by Crippen LogP contribution is 2.39. The SMILES string of the molecule is CCS(=O)(=O)Nc1ccc(Oc2cccc(OCCOCCOCCOCCOCCOCCOCCOC3CCN(c4ccc(C(=O)NC5CCC(Oc6ccc(C#N)c(Cl)c6)CC5)nn4)CC3)c2)c(-c2cn(C)c(=O)c3[nH]ccc23)c1. The fourth-order valence-corrected chi connectivity index (χ4v) is 10.2. The fraction of sp³-hybridized carbons (Fsp3) is 0.475. The smallest absolute Gasteiger partial charge is 0.274 e. The van der Waals surface area contributed by atoms with Gasteiger partial charge in [-0.15, -0.1) is 10.2 Å². The van der Waals surface area contributed by atoms with Crippen LogP contribution in [0.25, 0.3) is 22.0 Å². The van der Waals surface area contributed by atoms with Crippen molar-refractivity contribution in [1.82, 2.24) is 25.1 Å². The number of rotatable bonds is 34. The van der Waals surface area contributed by atoms with Crippen LogP contribution in [0.15, 0.2) is 96.1 Å². The third kappa shape index (κ3) is 19.4. The van der Waals surface area contributed by atoms with Crippen molar-refractivity contribution in [2.45, 2.75) is 63.7 Å². The van der Waals surface area contributed by atoms with Crippen molar-refractivity contribution in [3.63, 3.8) is 0 Å². The van der Waals surface area contributed by atoms with Crippen LogP contribution >= 0.6 is 11.6 Å². The van der Waals surface area contributed by atoms with Gasteiger partial charge in [0, 0.05) is 72.9 Å². The van der Waals surface area contributed by atoms with Gasteiger partial charge in [0.05, 0.1) is 114 Å². The highest BCUT2D eigenvalue weighted by atomic mass is 35.5. The molecule has 2 fully saturated rings. The molecule has 1 amide bonds. The Morgan fingerprint density at radius 1 is 0.723 bits per heavy atom. The van der Waals surface area contributed by atoms with Crippen LogP contribution in [0.4, 0.5) is 11.5 Å². The van der Waals surface area contributed by atoms with Crippen molar-refractivity contribution in [3.8, 4) is 40.2 Å². The van der Waals surface area contributed by atoms with Crippen LogP contribution in [0.1, 0.15) is 61.5 Å². The third-order valence-corrected chi connectivity index (χ3v) is 15.4. The average molecular weight is 1190 g/mol. The lowest BCUT2D eigenvalue weighted by Gasteiger charge is -2.32. The first kappa shape index (κ1) is 62.2. The lowest BCUT2D eigenvalue weighted by Crippen LogP contribution is -2.40. The summed E-state index contributed by atoms with van der Waals surface area (Å²) in [5.74, 6) is 2.57. The molecule has 24 heteroatoms. The van der Waals surface area contributed by atoms with Gasteiger partial charge < -0.3 is 67.1 Å². The van der Waals surface area contributed by atoms with E-state index in [4.69, 9.17) is 64.2 Å². The zero-order chi connectivity index (χ0) is 58.2. The van der Waals surface area contributed by atoms with E-state index in [1.54, 1.807) is 87.0 Å². The number of pyridine rings is 1. The largest absolute Gasteiger partial charge is 0.491 e. The Hall–Kier alpha value is -6.85. The lowest BCUT2D eigenvalue weighted by molar-refractivity contribution is -0.0300. The fourth-order valence-electron chi connectivity index (χ4n) is 9.38. The molecule has 0 unspecified atom stereocenters. The van der Waals surface area contributed by atoms with Crippen molar-refractivity contribution in [1.29, 1.82) is 5.26 Å². The molecule has 6 aromatic rings. The molecule has 1 aliphatic carbocycles. The van der Waals surface area contributed by atoms with Crippen LogP contribution in [0.2, 0.25) is 5.02 Å². The molecule has 0 spiro atoms. The molecule has 1 saturated heterocycles. The molecule has 0 bridgehead atoms.